The smallest absolute Gasteiger partial charge is 0.126 e. The standard InChI is InChI=1S/C16H21NO/c1-4-17(2)12-11-13-9-10-16(18-3)15-8-6-5-7-14(13)15/h5-10H,4,11-12H2,1-3H3. The van der Waals surface area contributed by atoms with E-state index in [1.165, 1.54) is 16.3 Å². The summed E-state index contributed by atoms with van der Waals surface area (Å²) in [4.78, 5) is 2.33. The number of benzene rings is 2. The summed E-state index contributed by atoms with van der Waals surface area (Å²) in [6.07, 6.45) is 1.08. The summed E-state index contributed by atoms with van der Waals surface area (Å²) < 4.78 is 5.42. The zero-order chi connectivity index (χ0) is 13.0. The molecule has 0 fully saturated rings. The van der Waals surface area contributed by atoms with Crippen molar-refractivity contribution in [1.29, 1.82) is 0 Å². The molecule has 0 bridgehead atoms. The molecule has 18 heavy (non-hydrogen) atoms. The molecule has 0 heterocycles. The summed E-state index contributed by atoms with van der Waals surface area (Å²) in [6, 6.07) is 12.7. The van der Waals surface area contributed by atoms with E-state index in [1.807, 2.05) is 0 Å². The summed E-state index contributed by atoms with van der Waals surface area (Å²) in [7, 11) is 3.89. The van der Waals surface area contributed by atoms with Gasteiger partial charge in [-0.15, -0.1) is 0 Å². The first-order chi connectivity index (χ1) is 8.76. The summed E-state index contributed by atoms with van der Waals surface area (Å²) >= 11 is 0. The van der Waals surface area contributed by atoms with Crippen molar-refractivity contribution < 1.29 is 4.74 Å². The first-order valence-electron chi connectivity index (χ1n) is 6.49. The average Bonchev–Trinajstić information content (AvgIpc) is 2.44. The maximum absolute atomic E-state index is 5.42. The van der Waals surface area contributed by atoms with E-state index in [4.69, 9.17) is 4.74 Å². The van der Waals surface area contributed by atoms with Gasteiger partial charge in [-0.3, -0.25) is 0 Å². The quantitative estimate of drug-likeness (QED) is 0.798. The van der Waals surface area contributed by atoms with Crippen LogP contribution >= 0.6 is 0 Å². The van der Waals surface area contributed by atoms with Gasteiger partial charge in [0.25, 0.3) is 0 Å². The van der Waals surface area contributed by atoms with Gasteiger partial charge in [-0.25, -0.2) is 0 Å². The van der Waals surface area contributed by atoms with E-state index in [2.05, 4.69) is 55.3 Å². The van der Waals surface area contributed by atoms with Crippen molar-refractivity contribution in [2.75, 3.05) is 27.2 Å². The van der Waals surface area contributed by atoms with Crippen molar-refractivity contribution >= 4 is 10.8 Å². The third-order valence-corrected chi connectivity index (χ3v) is 3.50. The number of rotatable bonds is 5. The van der Waals surface area contributed by atoms with Gasteiger partial charge in [-0.1, -0.05) is 37.3 Å². The molecule has 0 atom stereocenters. The Kier molecular flexibility index (Phi) is 4.21. The van der Waals surface area contributed by atoms with Crippen molar-refractivity contribution in [3.63, 3.8) is 0 Å². The van der Waals surface area contributed by atoms with Crippen LogP contribution in [0.2, 0.25) is 0 Å². The monoisotopic (exact) mass is 243 g/mol. The molecule has 0 aliphatic heterocycles. The third kappa shape index (κ3) is 2.65. The Bertz CT molecular complexity index is 521. The molecule has 2 aromatic rings. The molecule has 2 rings (SSSR count). The highest BCUT2D eigenvalue weighted by Crippen LogP contribution is 2.28. The summed E-state index contributed by atoms with van der Waals surface area (Å²) in [6.45, 7) is 4.37. The zero-order valence-electron chi connectivity index (χ0n) is 11.4. The summed E-state index contributed by atoms with van der Waals surface area (Å²) in [5.74, 6) is 0.957. The molecule has 0 amide bonds. The van der Waals surface area contributed by atoms with Crippen molar-refractivity contribution in [2.24, 2.45) is 0 Å². The second-order valence-corrected chi connectivity index (χ2v) is 4.62. The number of hydrogen-bond donors (Lipinski definition) is 0. The van der Waals surface area contributed by atoms with E-state index in [-0.39, 0.29) is 0 Å². The van der Waals surface area contributed by atoms with E-state index in [0.29, 0.717) is 0 Å². The number of nitrogens with zero attached hydrogens (tertiary/aromatic N) is 1. The number of hydrogen-bond acceptors (Lipinski definition) is 2. The minimum Gasteiger partial charge on any atom is -0.496 e. The molecule has 0 N–H and O–H groups in total. The Morgan fingerprint density at radius 2 is 1.78 bits per heavy atom. The fraction of sp³-hybridized carbons (Fsp3) is 0.375. The average molecular weight is 243 g/mol. The van der Waals surface area contributed by atoms with Gasteiger partial charge < -0.3 is 9.64 Å². The van der Waals surface area contributed by atoms with E-state index < -0.39 is 0 Å². The zero-order valence-corrected chi connectivity index (χ0v) is 11.4. The Morgan fingerprint density at radius 3 is 2.44 bits per heavy atom. The molecule has 0 saturated heterocycles. The van der Waals surface area contributed by atoms with Gasteiger partial charge in [0.15, 0.2) is 0 Å². The third-order valence-electron chi connectivity index (χ3n) is 3.50. The fourth-order valence-corrected chi connectivity index (χ4v) is 2.20. The highest BCUT2D eigenvalue weighted by Gasteiger charge is 2.06. The van der Waals surface area contributed by atoms with Gasteiger partial charge in [0, 0.05) is 11.9 Å². The molecule has 0 aliphatic carbocycles. The first kappa shape index (κ1) is 12.9. The van der Waals surface area contributed by atoms with Crippen LogP contribution in [0.15, 0.2) is 36.4 Å². The second kappa shape index (κ2) is 5.87. The Morgan fingerprint density at radius 1 is 1.06 bits per heavy atom. The van der Waals surface area contributed by atoms with Gasteiger partial charge >= 0.3 is 0 Å². The van der Waals surface area contributed by atoms with E-state index in [0.717, 1.165) is 25.3 Å². The second-order valence-electron chi connectivity index (χ2n) is 4.62. The fourth-order valence-electron chi connectivity index (χ4n) is 2.20. The molecular weight excluding hydrogens is 222 g/mol. The number of likely N-dealkylation sites (N-methyl/N-ethyl adjacent to an activating group) is 1. The normalized spacial score (nSPS) is 11.1. The van der Waals surface area contributed by atoms with E-state index in [9.17, 15) is 0 Å². The summed E-state index contributed by atoms with van der Waals surface area (Å²) in [5, 5.41) is 2.51. The minimum absolute atomic E-state index is 0.957. The first-order valence-corrected chi connectivity index (χ1v) is 6.49. The van der Waals surface area contributed by atoms with E-state index in [1.54, 1.807) is 7.11 Å². The molecular formula is C16H21NO. The van der Waals surface area contributed by atoms with Crippen molar-refractivity contribution in [3.8, 4) is 5.75 Å². The van der Waals surface area contributed by atoms with Gasteiger partial charge in [0.1, 0.15) is 5.75 Å². The highest BCUT2D eigenvalue weighted by molar-refractivity contribution is 5.91. The number of methoxy groups -OCH3 is 1. The van der Waals surface area contributed by atoms with Crippen molar-refractivity contribution in [1.82, 2.24) is 4.90 Å². The Balaban J connectivity index is 2.34. The lowest BCUT2D eigenvalue weighted by Gasteiger charge is -2.15. The van der Waals surface area contributed by atoms with Gasteiger partial charge in [-0.2, -0.15) is 0 Å². The van der Waals surface area contributed by atoms with Gasteiger partial charge in [0.2, 0.25) is 0 Å². The largest absolute Gasteiger partial charge is 0.496 e. The van der Waals surface area contributed by atoms with Crippen LogP contribution in [0.4, 0.5) is 0 Å². The lowest BCUT2D eigenvalue weighted by Crippen LogP contribution is -2.20. The van der Waals surface area contributed by atoms with Crippen LogP contribution in [-0.2, 0) is 6.42 Å². The number of fused-ring (bicyclic) bond motifs is 1. The molecule has 0 aromatic heterocycles. The molecule has 0 unspecified atom stereocenters. The molecule has 2 aromatic carbocycles. The molecule has 96 valence electrons. The maximum Gasteiger partial charge on any atom is 0.126 e. The predicted molar refractivity (Wildman–Crippen MR) is 77.4 cm³/mol. The minimum atomic E-state index is 0.957. The van der Waals surface area contributed by atoms with Crippen LogP contribution in [0, 0.1) is 0 Å². The highest BCUT2D eigenvalue weighted by atomic mass is 16.5. The lowest BCUT2D eigenvalue weighted by atomic mass is 10.0. The molecule has 2 heteroatoms. The van der Waals surface area contributed by atoms with Crippen molar-refractivity contribution in [2.45, 2.75) is 13.3 Å². The number of ether oxygens (including phenoxy) is 1. The Hall–Kier alpha value is -1.54. The van der Waals surface area contributed by atoms with Crippen LogP contribution in [-0.4, -0.2) is 32.1 Å². The molecule has 2 nitrogen and oxygen atoms in total. The van der Waals surface area contributed by atoms with Crippen molar-refractivity contribution in [3.05, 3.63) is 42.0 Å². The van der Waals surface area contributed by atoms with Crippen LogP contribution in [0.5, 0.6) is 5.75 Å². The molecule has 0 saturated carbocycles. The lowest BCUT2D eigenvalue weighted by molar-refractivity contribution is 0.358. The predicted octanol–water partition coefficient (Wildman–Crippen LogP) is 3.34. The Labute approximate surface area is 109 Å². The summed E-state index contributed by atoms with van der Waals surface area (Å²) in [5.41, 5.74) is 1.40. The SMILES string of the molecule is CCN(C)CCc1ccc(OC)c2ccccc12. The van der Waals surface area contributed by atoms with E-state index >= 15 is 0 Å². The van der Waals surface area contributed by atoms with Crippen LogP contribution in [0.1, 0.15) is 12.5 Å². The maximum atomic E-state index is 5.42. The topological polar surface area (TPSA) is 12.5 Å². The van der Waals surface area contributed by atoms with Crippen LogP contribution in [0.3, 0.4) is 0 Å². The molecule has 0 aliphatic rings. The molecule has 0 spiro atoms. The van der Waals surface area contributed by atoms with Crippen LogP contribution < -0.4 is 4.74 Å². The van der Waals surface area contributed by atoms with Gasteiger partial charge in [0.05, 0.1) is 7.11 Å². The van der Waals surface area contributed by atoms with Gasteiger partial charge in [-0.05, 0) is 37.0 Å². The van der Waals surface area contributed by atoms with Crippen LogP contribution in [0.25, 0.3) is 10.8 Å². The molecule has 0 radical (unpaired) electrons.